The lowest BCUT2D eigenvalue weighted by atomic mass is 9.94. The highest BCUT2D eigenvalue weighted by atomic mass is 16.5. The van der Waals surface area contributed by atoms with Crippen molar-refractivity contribution in [2.24, 2.45) is 0 Å². The van der Waals surface area contributed by atoms with Crippen molar-refractivity contribution in [3.05, 3.63) is 94.6 Å². The van der Waals surface area contributed by atoms with E-state index in [-0.39, 0.29) is 17.4 Å². The average molecular weight is 500 g/mol. The van der Waals surface area contributed by atoms with Crippen LogP contribution in [0.2, 0.25) is 0 Å². The van der Waals surface area contributed by atoms with E-state index in [1.165, 1.54) is 12.0 Å². The van der Waals surface area contributed by atoms with Gasteiger partial charge in [0.05, 0.1) is 25.8 Å². The Hall–Kier alpha value is -4.26. The molecule has 1 fully saturated rings. The number of hydrogen-bond donors (Lipinski definition) is 1. The van der Waals surface area contributed by atoms with E-state index >= 15 is 0 Å². The van der Waals surface area contributed by atoms with E-state index in [1.54, 1.807) is 37.4 Å². The van der Waals surface area contributed by atoms with Crippen LogP contribution in [-0.2, 0) is 22.4 Å². The quantitative estimate of drug-likeness (QED) is 0.288. The van der Waals surface area contributed by atoms with Crippen LogP contribution < -0.4 is 14.2 Å². The summed E-state index contributed by atoms with van der Waals surface area (Å²) in [6, 6.07) is 19.6. The van der Waals surface area contributed by atoms with E-state index in [9.17, 15) is 14.7 Å². The number of likely N-dealkylation sites (tertiary alicyclic amines) is 1. The molecular formula is C30H29NO6. The SMILES string of the molecule is COc1ccc([C@@H]2C(=C(O)c3ccc4c(c3)C[C@@H](C)O4)C(=O)C(=O)N2CCc2ccccc2)cc1OC. The van der Waals surface area contributed by atoms with Gasteiger partial charge in [-0.3, -0.25) is 9.59 Å². The van der Waals surface area contributed by atoms with E-state index in [4.69, 9.17) is 14.2 Å². The molecule has 0 bridgehead atoms. The fourth-order valence-electron chi connectivity index (χ4n) is 5.10. The normalized spacial score (nSPS) is 20.0. The molecule has 37 heavy (non-hydrogen) atoms. The molecule has 2 heterocycles. The smallest absolute Gasteiger partial charge is 0.295 e. The van der Waals surface area contributed by atoms with E-state index in [0.717, 1.165) is 16.9 Å². The number of Topliss-reactive ketones (excluding diaryl/α,β-unsaturated/α-hetero) is 1. The van der Waals surface area contributed by atoms with Crippen LogP contribution in [0.5, 0.6) is 17.2 Å². The number of hydrogen-bond acceptors (Lipinski definition) is 6. The predicted molar refractivity (Wildman–Crippen MR) is 139 cm³/mol. The van der Waals surface area contributed by atoms with Crippen molar-refractivity contribution in [1.29, 1.82) is 0 Å². The summed E-state index contributed by atoms with van der Waals surface area (Å²) < 4.78 is 16.6. The Morgan fingerprint density at radius 2 is 1.76 bits per heavy atom. The summed E-state index contributed by atoms with van der Waals surface area (Å²) in [6.07, 6.45) is 1.31. The number of nitrogens with zero attached hydrogens (tertiary/aromatic N) is 1. The van der Waals surface area contributed by atoms with Crippen molar-refractivity contribution in [2.75, 3.05) is 20.8 Å². The lowest BCUT2D eigenvalue weighted by Gasteiger charge is -2.26. The number of carbonyl (C=O) groups is 2. The van der Waals surface area contributed by atoms with Gasteiger partial charge < -0.3 is 24.2 Å². The van der Waals surface area contributed by atoms with Crippen LogP contribution in [0, 0.1) is 0 Å². The standard InChI is InChI=1S/C30H29NO6/c1-18-15-22-16-21(10-11-23(22)37-18)28(32)26-27(20-9-12-24(35-2)25(17-20)36-3)31(30(34)29(26)33)14-13-19-7-5-4-6-8-19/h4-12,16-18,27,32H,13-15H2,1-3H3/t18-,27-/m1/s1. The Labute approximate surface area is 215 Å². The number of ether oxygens (including phenoxy) is 3. The third kappa shape index (κ3) is 4.53. The maximum Gasteiger partial charge on any atom is 0.295 e. The minimum atomic E-state index is -0.785. The molecule has 1 amide bonds. The van der Waals surface area contributed by atoms with Crippen LogP contribution in [0.15, 0.2) is 72.3 Å². The van der Waals surface area contributed by atoms with Crippen molar-refractivity contribution in [1.82, 2.24) is 4.90 Å². The Morgan fingerprint density at radius 3 is 2.49 bits per heavy atom. The molecule has 0 aromatic heterocycles. The molecule has 0 saturated carbocycles. The zero-order valence-corrected chi connectivity index (χ0v) is 21.1. The molecular weight excluding hydrogens is 470 g/mol. The van der Waals surface area contributed by atoms with Gasteiger partial charge in [-0.15, -0.1) is 0 Å². The maximum absolute atomic E-state index is 13.4. The van der Waals surface area contributed by atoms with Gasteiger partial charge in [0, 0.05) is 18.5 Å². The molecule has 2 aliphatic rings. The third-order valence-electron chi connectivity index (χ3n) is 6.92. The molecule has 5 rings (SSSR count). The van der Waals surface area contributed by atoms with E-state index in [2.05, 4.69) is 0 Å². The van der Waals surface area contributed by atoms with Gasteiger partial charge in [0.25, 0.3) is 11.7 Å². The molecule has 1 N–H and O–H groups in total. The second-order valence-electron chi connectivity index (χ2n) is 9.30. The molecule has 7 heteroatoms. The summed E-state index contributed by atoms with van der Waals surface area (Å²) in [6.45, 7) is 2.29. The van der Waals surface area contributed by atoms with E-state index < -0.39 is 17.7 Å². The molecule has 3 aromatic rings. The molecule has 1 saturated heterocycles. The van der Waals surface area contributed by atoms with Gasteiger partial charge >= 0.3 is 0 Å². The highest BCUT2D eigenvalue weighted by Gasteiger charge is 2.46. The minimum Gasteiger partial charge on any atom is -0.507 e. The van der Waals surface area contributed by atoms with Gasteiger partial charge in [0.2, 0.25) is 0 Å². The second kappa shape index (κ2) is 10.0. The van der Waals surface area contributed by atoms with Crippen LogP contribution >= 0.6 is 0 Å². The first kappa shape index (κ1) is 24.4. The van der Waals surface area contributed by atoms with Gasteiger partial charge in [-0.1, -0.05) is 36.4 Å². The van der Waals surface area contributed by atoms with Crippen molar-refractivity contribution in [3.63, 3.8) is 0 Å². The zero-order valence-electron chi connectivity index (χ0n) is 21.1. The number of aliphatic hydroxyl groups is 1. The Morgan fingerprint density at radius 1 is 1.00 bits per heavy atom. The summed E-state index contributed by atoms with van der Waals surface area (Å²) >= 11 is 0. The number of benzene rings is 3. The fraction of sp³-hybridized carbons (Fsp3) is 0.267. The van der Waals surface area contributed by atoms with Crippen molar-refractivity contribution in [2.45, 2.75) is 31.9 Å². The number of aliphatic hydroxyl groups excluding tert-OH is 1. The zero-order chi connectivity index (χ0) is 26.1. The van der Waals surface area contributed by atoms with Crippen molar-refractivity contribution in [3.8, 4) is 17.2 Å². The number of rotatable bonds is 7. The summed E-state index contributed by atoms with van der Waals surface area (Å²) in [5.74, 6) is 0.204. The first-order chi connectivity index (χ1) is 17.9. The number of amides is 1. The number of methoxy groups -OCH3 is 2. The summed E-state index contributed by atoms with van der Waals surface area (Å²) in [5, 5.41) is 11.5. The maximum atomic E-state index is 13.4. The van der Waals surface area contributed by atoms with Gasteiger partial charge in [-0.2, -0.15) is 0 Å². The van der Waals surface area contributed by atoms with Crippen molar-refractivity contribution >= 4 is 17.4 Å². The van der Waals surface area contributed by atoms with Crippen LogP contribution in [-0.4, -0.2) is 48.6 Å². The molecule has 2 atom stereocenters. The molecule has 0 spiro atoms. The summed E-state index contributed by atoms with van der Waals surface area (Å²) in [7, 11) is 3.07. The van der Waals surface area contributed by atoms with Crippen molar-refractivity contribution < 1.29 is 28.9 Å². The van der Waals surface area contributed by atoms with Crippen LogP contribution in [0.1, 0.15) is 35.2 Å². The van der Waals surface area contributed by atoms with Crippen LogP contribution in [0.4, 0.5) is 0 Å². The van der Waals surface area contributed by atoms with E-state index in [1.807, 2.05) is 43.3 Å². The molecule has 7 nitrogen and oxygen atoms in total. The van der Waals surface area contributed by atoms with Gasteiger partial charge in [0.1, 0.15) is 17.6 Å². The van der Waals surface area contributed by atoms with Crippen LogP contribution in [0.3, 0.4) is 0 Å². The lowest BCUT2D eigenvalue weighted by molar-refractivity contribution is -0.139. The Kier molecular flexibility index (Phi) is 6.61. The predicted octanol–water partition coefficient (Wildman–Crippen LogP) is 4.69. The topological polar surface area (TPSA) is 85.3 Å². The third-order valence-corrected chi connectivity index (χ3v) is 6.92. The monoisotopic (exact) mass is 499 g/mol. The average Bonchev–Trinajstić information content (AvgIpc) is 3.42. The molecule has 0 unspecified atom stereocenters. The van der Waals surface area contributed by atoms with Gasteiger partial charge in [0.15, 0.2) is 11.5 Å². The first-order valence-electron chi connectivity index (χ1n) is 12.3. The molecule has 3 aromatic carbocycles. The van der Waals surface area contributed by atoms with Gasteiger partial charge in [-0.05, 0) is 60.4 Å². The Bertz CT molecular complexity index is 1380. The van der Waals surface area contributed by atoms with Gasteiger partial charge in [-0.25, -0.2) is 0 Å². The van der Waals surface area contributed by atoms with E-state index in [0.29, 0.717) is 42.0 Å². The summed E-state index contributed by atoms with van der Waals surface area (Å²) in [5.41, 5.74) is 3.17. The highest BCUT2D eigenvalue weighted by molar-refractivity contribution is 6.46. The first-order valence-corrected chi connectivity index (χ1v) is 12.3. The Balaban J connectivity index is 1.60. The largest absolute Gasteiger partial charge is 0.507 e. The van der Waals surface area contributed by atoms with Crippen LogP contribution in [0.25, 0.3) is 5.76 Å². The fourth-order valence-corrected chi connectivity index (χ4v) is 5.10. The minimum absolute atomic E-state index is 0.0442. The number of fused-ring (bicyclic) bond motifs is 1. The highest BCUT2D eigenvalue weighted by Crippen LogP contribution is 2.42. The molecule has 2 aliphatic heterocycles. The second-order valence-corrected chi connectivity index (χ2v) is 9.30. The molecule has 0 aliphatic carbocycles. The lowest BCUT2D eigenvalue weighted by Crippen LogP contribution is -2.31. The number of carbonyl (C=O) groups excluding carboxylic acids is 2. The molecule has 190 valence electrons. The number of ketones is 1. The summed E-state index contributed by atoms with van der Waals surface area (Å²) in [4.78, 5) is 28.2. The molecule has 0 radical (unpaired) electrons.